The maximum absolute atomic E-state index is 13.4. The third kappa shape index (κ3) is 4.70. The second-order valence-electron chi connectivity index (χ2n) is 5.56. The van der Waals surface area contributed by atoms with Crippen LogP contribution in [-0.2, 0) is 16.3 Å². The molecule has 2 aromatic rings. The molecule has 24 heavy (non-hydrogen) atoms. The average molecular weight is 372 g/mol. The minimum absolute atomic E-state index is 0.0534. The fourth-order valence-electron chi connectivity index (χ4n) is 2.50. The highest BCUT2D eigenvalue weighted by Crippen LogP contribution is 2.24. The fraction of sp³-hybridized carbons (Fsp3) is 0.467. The smallest absolute Gasteiger partial charge is 0.276 e. The zero-order chi connectivity index (χ0) is 17.0. The lowest BCUT2D eigenvalue weighted by Crippen LogP contribution is -2.07. The Morgan fingerprint density at radius 3 is 2.92 bits per heavy atom. The number of halogens is 1. The van der Waals surface area contributed by atoms with Gasteiger partial charge in [0, 0.05) is 12.2 Å². The number of benzene rings is 1. The Hall–Kier alpha value is -1.61. The summed E-state index contributed by atoms with van der Waals surface area (Å²) < 4.78 is 47.1. The van der Waals surface area contributed by atoms with Crippen LogP contribution in [0.25, 0.3) is 0 Å². The van der Waals surface area contributed by atoms with Crippen molar-refractivity contribution in [3.05, 3.63) is 36.0 Å². The molecule has 2 heterocycles. The van der Waals surface area contributed by atoms with E-state index in [1.165, 1.54) is 17.8 Å². The molecule has 1 aromatic carbocycles. The van der Waals surface area contributed by atoms with Gasteiger partial charge in [-0.25, -0.2) is 12.8 Å². The predicted octanol–water partition coefficient (Wildman–Crippen LogP) is 2.36. The van der Waals surface area contributed by atoms with Gasteiger partial charge in [-0.1, -0.05) is 23.9 Å². The molecule has 1 atom stereocenters. The van der Waals surface area contributed by atoms with E-state index in [9.17, 15) is 12.8 Å². The minimum atomic E-state index is -2.90. The van der Waals surface area contributed by atoms with Gasteiger partial charge >= 0.3 is 0 Å². The third-order valence-electron chi connectivity index (χ3n) is 3.64. The summed E-state index contributed by atoms with van der Waals surface area (Å²) in [4.78, 5) is 0. The van der Waals surface area contributed by atoms with E-state index in [0.717, 1.165) is 0 Å². The van der Waals surface area contributed by atoms with Crippen molar-refractivity contribution in [3.8, 4) is 5.75 Å². The van der Waals surface area contributed by atoms with E-state index in [1.54, 1.807) is 18.2 Å². The van der Waals surface area contributed by atoms with E-state index >= 15 is 0 Å². The molecule has 1 aliphatic rings. The van der Waals surface area contributed by atoms with Gasteiger partial charge in [0.25, 0.3) is 5.22 Å². The Kier molecular flexibility index (Phi) is 5.40. The summed E-state index contributed by atoms with van der Waals surface area (Å²) >= 11 is 1.32. The summed E-state index contributed by atoms with van der Waals surface area (Å²) in [5.74, 6) is 1.29. The summed E-state index contributed by atoms with van der Waals surface area (Å²) in [6.07, 6.45) is 1.13. The molecule has 9 heteroatoms. The summed E-state index contributed by atoms with van der Waals surface area (Å²) in [5.41, 5.74) is 0. The second-order valence-corrected chi connectivity index (χ2v) is 8.84. The van der Waals surface area contributed by atoms with Gasteiger partial charge in [0.15, 0.2) is 21.4 Å². The third-order valence-corrected chi connectivity index (χ3v) is 6.26. The topological polar surface area (TPSA) is 82.3 Å². The Morgan fingerprint density at radius 2 is 2.17 bits per heavy atom. The summed E-state index contributed by atoms with van der Waals surface area (Å²) in [6, 6.07) is 6.22. The molecule has 0 saturated carbocycles. The minimum Gasteiger partial charge on any atom is -0.490 e. The molecule has 0 radical (unpaired) electrons. The zero-order valence-corrected chi connectivity index (χ0v) is 14.5. The normalized spacial score (nSPS) is 19.5. The van der Waals surface area contributed by atoms with Gasteiger partial charge in [0.05, 0.1) is 18.1 Å². The van der Waals surface area contributed by atoms with Crippen molar-refractivity contribution in [1.29, 1.82) is 0 Å². The molecule has 1 aliphatic heterocycles. The first-order valence-electron chi connectivity index (χ1n) is 7.55. The number of para-hydroxylation sites is 1. The van der Waals surface area contributed by atoms with Crippen LogP contribution in [-0.4, -0.2) is 42.5 Å². The van der Waals surface area contributed by atoms with E-state index in [4.69, 9.17) is 9.15 Å². The molecule has 6 nitrogen and oxygen atoms in total. The summed E-state index contributed by atoms with van der Waals surface area (Å²) in [6.45, 7) is 0.310. The van der Waals surface area contributed by atoms with Crippen LogP contribution in [0.4, 0.5) is 4.39 Å². The first-order valence-corrected chi connectivity index (χ1v) is 10.4. The molecule has 1 unspecified atom stereocenters. The maximum atomic E-state index is 13.4. The van der Waals surface area contributed by atoms with Crippen molar-refractivity contribution in [2.45, 2.75) is 18.1 Å². The van der Waals surface area contributed by atoms with Crippen LogP contribution in [0.15, 0.2) is 33.9 Å². The van der Waals surface area contributed by atoms with E-state index in [2.05, 4.69) is 10.2 Å². The molecule has 0 amide bonds. The molecular weight excluding hydrogens is 355 g/mol. The molecule has 0 N–H and O–H groups in total. The van der Waals surface area contributed by atoms with Crippen LogP contribution in [0.5, 0.6) is 5.75 Å². The highest BCUT2D eigenvalue weighted by Gasteiger charge is 2.29. The van der Waals surface area contributed by atoms with E-state index in [0.29, 0.717) is 36.3 Å². The van der Waals surface area contributed by atoms with Crippen LogP contribution in [0.2, 0.25) is 0 Å². The quantitative estimate of drug-likeness (QED) is 0.545. The van der Waals surface area contributed by atoms with Gasteiger partial charge in [-0.15, -0.1) is 10.2 Å². The van der Waals surface area contributed by atoms with Crippen molar-refractivity contribution in [1.82, 2.24) is 10.2 Å². The summed E-state index contributed by atoms with van der Waals surface area (Å²) in [5, 5.41) is 8.27. The fourth-order valence-corrected chi connectivity index (χ4v) is 4.96. The van der Waals surface area contributed by atoms with Gasteiger partial charge in [0.2, 0.25) is 5.89 Å². The van der Waals surface area contributed by atoms with Crippen molar-refractivity contribution in [2.75, 3.05) is 23.9 Å². The van der Waals surface area contributed by atoms with Crippen molar-refractivity contribution in [3.63, 3.8) is 0 Å². The molecule has 0 spiro atoms. The monoisotopic (exact) mass is 372 g/mol. The Labute approximate surface area is 143 Å². The predicted molar refractivity (Wildman–Crippen MR) is 87.4 cm³/mol. The van der Waals surface area contributed by atoms with Crippen LogP contribution < -0.4 is 4.74 Å². The molecule has 0 bridgehead atoms. The van der Waals surface area contributed by atoms with Gasteiger partial charge in [-0.3, -0.25) is 0 Å². The van der Waals surface area contributed by atoms with Crippen LogP contribution in [0.3, 0.4) is 0 Å². The SMILES string of the molecule is O=S1(=O)CCC(Cc2nnc(SCCOc3ccccc3F)o2)C1. The lowest BCUT2D eigenvalue weighted by Gasteiger charge is -2.05. The molecule has 1 aromatic heterocycles. The van der Waals surface area contributed by atoms with Gasteiger partial charge in [-0.2, -0.15) is 0 Å². The van der Waals surface area contributed by atoms with E-state index in [1.807, 2.05) is 0 Å². The van der Waals surface area contributed by atoms with Crippen molar-refractivity contribution in [2.24, 2.45) is 5.92 Å². The first kappa shape index (κ1) is 17.2. The number of sulfone groups is 1. The van der Waals surface area contributed by atoms with Crippen molar-refractivity contribution >= 4 is 21.6 Å². The number of nitrogens with zero attached hydrogens (tertiary/aromatic N) is 2. The first-order chi connectivity index (χ1) is 11.5. The highest BCUT2D eigenvalue weighted by atomic mass is 32.2. The number of hydrogen-bond donors (Lipinski definition) is 0. The maximum Gasteiger partial charge on any atom is 0.276 e. The molecule has 130 valence electrons. The average Bonchev–Trinajstić information content (AvgIpc) is 3.12. The zero-order valence-electron chi connectivity index (χ0n) is 12.9. The number of thioether (sulfide) groups is 1. The lowest BCUT2D eigenvalue weighted by atomic mass is 10.1. The summed E-state index contributed by atoms with van der Waals surface area (Å²) in [7, 11) is -2.90. The Bertz CT molecular complexity index is 794. The Balaban J connectivity index is 1.42. The van der Waals surface area contributed by atoms with Gasteiger partial charge in [0.1, 0.15) is 0 Å². The molecule has 1 saturated heterocycles. The number of aromatic nitrogens is 2. The van der Waals surface area contributed by atoms with Gasteiger partial charge < -0.3 is 9.15 Å². The standard InChI is InChI=1S/C15H17FN2O4S2/c16-12-3-1-2-4-13(12)21-6-7-23-15-18-17-14(22-15)9-11-5-8-24(19,20)10-11/h1-4,11H,5-10H2. The molecule has 1 fully saturated rings. The van der Waals surface area contributed by atoms with Crippen molar-refractivity contribution < 1.29 is 22.0 Å². The lowest BCUT2D eigenvalue weighted by molar-refractivity contribution is 0.324. The van der Waals surface area contributed by atoms with E-state index < -0.39 is 15.7 Å². The highest BCUT2D eigenvalue weighted by molar-refractivity contribution is 7.99. The number of ether oxygens (including phenoxy) is 1. The number of hydrogen-bond acceptors (Lipinski definition) is 7. The van der Waals surface area contributed by atoms with Gasteiger partial charge in [-0.05, 0) is 24.5 Å². The number of rotatable bonds is 7. The molecular formula is C15H17FN2O4S2. The van der Waals surface area contributed by atoms with E-state index in [-0.39, 0.29) is 23.2 Å². The molecule has 3 rings (SSSR count). The van der Waals surface area contributed by atoms with Crippen LogP contribution >= 0.6 is 11.8 Å². The largest absolute Gasteiger partial charge is 0.490 e. The Morgan fingerprint density at radius 1 is 1.33 bits per heavy atom. The van der Waals surface area contributed by atoms with Crippen LogP contribution in [0.1, 0.15) is 12.3 Å². The van der Waals surface area contributed by atoms with Crippen LogP contribution in [0, 0.1) is 11.7 Å². The second kappa shape index (κ2) is 7.52. The molecule has 0 aliphatic carbocycles.